The van der Waals surface area contributed by atoms with E-state index in [0.29, 0.717) is 26.2 Å². The van der Waals surface area contributed by atoms with E-state index in [9.17, 15) is 18.0 Å². The van der Waals surface area contributed by atoms with Crippen molar-refractivity contribution < 1.29 is 18.0 Å². The Hall–Kier alpha value is -0.240. The van der Waals surface area contributed by atoms with Crippen molar-refractivity contribution in [2.45, 2.75) is 19.5 Å². The number of carbonyl (C=O) groups excluding carboxylic acids is 1. The average molecular weight is 340 g/mol. The summed E-state index contributed by atoms with van der Waals surface area (Å²) in [7, 11) is 0. The Morgan fingerprint density at radius 3 is 2.45 bits per heavy atom. The van der Waals surface area contributed by atoms with Crippen molar-refractivity contribution in [1.29, 1.82) is 0 Å². The first-order valence-corrected chi connectivity index (χ1v) is 6.12. The van der Waals surface area contributed by atoms with Gasteiger partial charge in [-0.3, -0.25) is 9.69 Å². The molecular formula is C11H22Cl2F3N3O. The Morgan fingerprint density at radius 1 is 1.40 bits per heavy atom. The zero-order valence-corrected chi connectivity index (χ0v) is 13.0. The molecule has 1 fully saturated rings. The largest absolute Gasteiger partial charge is 0.401 e. The van der Waals surface area contributed by atoms with Crippen molar-refractivity contribution >= 4 is 30.7 Å². The molecule has 1 heterocycles. The molecule has 20 heavy (non-hydrogen) atoms. The Morgan fingerprint density at radius 2 is 2.00 bits per heavy atom. The van der Waals surface area contributed by atoms with Crippen LogP contribution in [0.15, 0.2) is 0 Å². The fourth-order valence-electron chi connectivity index (χ4n) is 2.26. The number of nitrogens with zero attached hydrogens (tertiary/aromatic N) is 2. The minimum Gasteiger partial charge on any atom is -0.341 e. The predicted octanol–water partition coefficient (Wildman–Crippen LogP) is 1.52. The second-order valence-electron chi connectivity index (χ2n) is 4.64. The van der Waals surface area contributed by atoms with Gasteiger partial charge in [0.05, 0.1) is 13.1 Å². The van der Waals surface area contributed by atoms with E-state index in [2.05, 4.69) is 0 Å². The van der Waals surface area contributed by atoms with Crippen LogP contribution in [0.1, 0.15) is 13.3 Å². The molecule has 1 aliphatic heterocycles. The summed E-state index contributed by atoms with van der Waals surface area (Å²) in [5.41, 5.74) is 5.26. The van der Waals surface area contributed by atoms with Crippen LogP contribution in [0.5, 0.6) is 0 Å². The fraction of sp³-hybridized carbons (Fsp3) is 0.909. The molecule has 0 radical (unpaired) electrons. The lowest BCUT2D eigenvalue weighted by molar-refractivity contribution is -0.146. The monoisotopic (exact) mass is 339 g/mol. The highest BCUT2D eigenvalue weighted by molar-refractivity contribution is 5.85. The lowest BCUT2D eigenvalue weighted by Gasteiger charge is -2.25. The number of carbonyl (C=O) groups is 1. The van der Waals surface area contributed by atoms with Crippen molar-refractivity contribution in [2.75, 3.05) is 39.3 Å². The van der Waals surface area contributed by atoms with Crippen LogP contribution in [0.25, 0.3) is 0 Å². The highest BCUT2D eigenvalue weighted by atomic mass is 35.5. The predicted molar refractivity (Wildman–Crippen MR) is 76.4 cm³/mol. The normalized spacial score (nSPS) is 18.7. The minimum absolute atomic E-state index is 0. The third-order valence-corrected chi connectivity index (χ3v) is 3.18. The zero-order chi connectivity index (χ0) is 13.8. The number of likely N-dealkylation sites (tertiary alicyclic amines) is 1. The van der Waals surface area contributed by atoms with Crippen molar-refractivity contribution in [3.05, 3.63) is 0 Å². The van der Waals surface area contributed by atoms with E-state index in [1.165, 1.54) is 4.90 Å². The number of hydrogen-bond donors (Lipinski definition) is 1. The molecule has 0 aromatic heterocycles. The van der Waals surface area contributed by atoms with Crippen molar-refractivity contribution in [3.8, 4) is 0 Å². The van der Waals surface area contributed by atoms with Gasteiger partial charge in [-0.2, -0.15) is 13.2 Å². The molecule has 1 saturated heterocycles. The van der Waals surface area contributed by atoms with E-state index in [-0.39, 0.29) is 43.2 Å². The molecule has 0 bridgehead atoms. The van der Waals surface area contributed by atoms with Gasteiger partial charge < -0.3 is 10.6 Å². The molecule has 122 valence electrons. The van der Waals surface area contributed by atoms with E-state index in [1.807, 2.05) is 0 Å². The molecular weight excluding hydrogens is 318 g/mol. The second-order valence-corrected chi connectivity index (χ2v) is 4.64. The summed E-state index contributed by atoms with van der Waals surface area (Å²) in [6.07, 6.45) is -3.42. The highest BCUT2D eigenvalue weighted by Crippen LogP contribution is 2.21. The van der Waals surface area contributed by atoms with E-state index in [4.69, 9.17) is 5.73 Å². The lowest BCUT2D eigenvalue weighted by atomic mass is 10.1. The van der Waals surface area contributed by atoms with Gasteiger partial charge in [0.15, 0.2) is 0 Å². The fourth-order valence-corrected chi connectivity index (χ4v) is 2.26. The van der Waals surface area contributed by atoms with Crippen molar-refractivity contribution in [2.24, 2.45) is 11.7 Å². The van der Waals surface area contributed by atoms with E-state index in [1.54, 1.807) is 11.8 Å². The quantitative estimate of drug-likeness (QED) is 0.826. The first-order valence-electron chi connectivity index (χ1n) is 6.12. The first kappa shape index (κ1) is 22.0. The van der Waals surface area contributed by atoms with E-state index < -0.39 is 12.7 Å². The SMILES string of the molecule is CCN(CC1CCN(C(=O)CN)C1)CC(F)(F)F.Cl.Cl. The van der Waals surface area contributed by atoms with Gasteiger partial charge in [0.1, 0.15) is 0 Å². The van der Waals surface area contributed by atoms with Crippen LogP contribution in [0.2, 0.25) is 0 Å². The third-order valence-electron chi connectivity index (χ3n) is 3.18. The number of amides is 1. The van der Waals surface area contributed by atoms with Gasteiger partial charge >= 0.3 is 6.18 Å². The van der Waals surface area contributed by atoms with Crippen LogP contribution in [0, 0.1) is 5.92 Å². The zero-order valence-electron chi connectivity index (χ0n) is 11.4. The van der Waals surface area contributed by atoms with Crippen LogP contribution in [0.4, 0.5) is 13.2 Å². The van der Waals surface area contributed by atoms with Gasteiger partial charge in [-0.1, -0.05) is 6.92 Å². The maximum Gasteiger partial charge on any atom is 0.401 e. The summed E-state index contributed by atoms with van der Waals surface area (Å²) < 4.78 is 36.9. The Balaban J connectivity index is 0. The molecule has 1 amide bonds. The van der Waals surface area contributed by atoms with Crippen LogP contribution in [-0.2, 0) is 4.79 Å². The second kappa shape index (κ2) is 9.65. The molecule has 9 heteroatoms. The summed E-state index contributed by atoms with van der Waals surface area (Å²) in [5.74, 6) is -0.0147. The van der Waals surface area contributed by atoms with Gasteiger partial charge in [0, 0.05) is 19.6 Å². The van der Waals surface area contributed by atoms with E-state index in [0.717, 1.165) is 6.42 Å². The van der Waals surface area contributed by atoms with Gasteiger partial charge in [0.2, 0.25) is 5.91 Å². The van der Waals surface area contributed by atoms with Gasteiger partial charge in [-0.15, -0.1) is 24.8 Å². The number of alkyl halides is 3. The maximum atomic E-state index is 12.3. The molecule has 0 aromatic carbocycles. The van der Waals surface area contributed by atoms with Crippen LogP contribution in [-0.4, -0.2) is 61.2 Å². The van der Waals surface area contributed by atoms with Crippen LogP contribution >= 0.6 is 24.8 Å². The average Bonchev–Trinajstić information content (AvgIpc) is 2.73. The summed E-state index contributed by atoms with van der Waals surface area (Å²) >= 11 is 0. The molecule has 1 atom stereocenters. The summed E-state index contributed by atoms with van der Waals surface area (Å²) in [4.78, 5) is 14.4. The van der Waals surface area contributed by atoms with Gasteiger partial charge in [-0.25, -0.2) is 0 Å². The summed E-state index contributed by atoms with van der Waals surface area (Å²) in [6.45, 7) is 2.65. The number of nitrogens with two attached hydrogens (primary N) is 1. The number of halogens is 5. The molecule has 4 nitrogen and oxygen atoms in total. The van der Waals surface area contributed by atoms with Crippen molar-refractivity contribution in [1.82, 2.24) is 9.80 Å². The van der Waals surface area contributed by atoms with Crippen LogP contribution < -0.4 is 5.73 Å². The standard InChI is InChI=1S/C11H20F3N3O.2ClH/c1-2-16(8-11(12,13)14)6-9-3-4-17(7-9)10(18)5-15;;/h9H,2-8,15H2,1H3;2*1H. The summed E-state index contributed by atoms with van der Waals surface area (Å²) in [6, 6.07) is 0. The molecule has 1 rings (SSSR count). The van der Waals surface area contributed by atoms with E-state index >= 15 is 0 Å². The van der Waals surface area contributed by atoms with Gasteiger partial charge in [-0.05, 0) is 18.9 Å². The maximum absolute atomic E-state index is 12.3. The number of hydrogen-bond acceptors (Lipinski definition) is 3. The highest BCUT2D eigenvalue weighted by Gasteiger charge is 2.33. The molecule has 2 N–H and O–H groups in total. The van der Waals surface area contributed by atoms with Crippen molar-refractivity contribution in [3.63, 3.8) is 0 Å². The first-order chi connectivity index (χ1) is 8.35. The topological polar surface area (TPSA) is 49.6 Å². The number of rotatable bonds is 5. The smallest absolute Gasteiger partial charge is 0.341 e. The molecule has 1 aliphatic rings. The Bertz CT molecular complexity index is 293. The Kier molecular flexibility index (Phi) is 10.6. The molecule has 1 unspecified atom stereocenters. The molecule has 0 saturated carbocycles. The minimum atomic E-state index is -4.17. The third kappa shape index (κ3) is 7.52. The molecule has 0 aromatic rings. The lowest BCUT2D eigenvalue weighted by Crippen LogP contribution is -2.39. The van der Waals surface area contributed by atoms with Gasteiger partial charge in [0.25, 0.3) is 0 Å². The summed E-state index contributed by atoms with van der Waals surface area (Å²) in [5, 5.41) is 0. The van der Waals surface area contributed by atoms with Crippen LogP contribution in [0.3, 0.4) is 0 Å². The molecule has 0 aliphatic carbocycles. The molecule has 0 spiro atoms. The Labute approximate surface area is 129 Å².